The Kier molecular flexibility index (Phi) is 16.2. The SMILES string of the molecule is CCCCOc1ccc2cc(C(=O)Oc3ccc(C=NCCCCCCCN=Cc4ccc(OC(=O)c5ccc6cc(OCCCC)ccc6c5)cc4)cc3)ccc2c1. The molecule has 0 fully saturated rings. The highest BCUT2D eigenvalue weighted by Crippen LogP contribution is 2.25. The fraction of sp³-hybridized carbons (Fsp3) is 0.294. The summed E-state index contributed by atoms with van der Waals surface area (Å²) in [5.74, 6) is 1.88. The van der Waals surface area contributed by atoms with Gasteiger partial charge in [-0.3, -0.25) is 9.98 Å². The van der Waals surface area contributed by atoms with Crippen LogP contribution in [0.25, 0.3) is 21.5 Å². The van der Waals surface area contributed by atoms with Gasteiger partial charge in [0.25, 0.3) is 0 Å². The molecule has 0 aromatic heterocycles. The normalized spacial score (nSPS) is 11.4. The minimum atomic E-state index is -0.392. The van der Waals surface area contributed by atoms with Gasteiger partial charge in [-0.1, -0.05) is 70.2 Å². The van der Waals surface area contributed by atoms with E-state index in [9.17, 15) is 9.59 Å². The predicted octanol–water partition coefficient (Wildman–Crippen LogP) is 12.3. The van der Waals surface area contributed by atoms with Crippen molar-refractivity contribution in [3.8, 4) is 23.0 Å². The molecule has 59 heavy (non-hydrogen) atoms. The average molecular weight is 791 g/mol. The first-order chi connectivity index (χ1) is 29.0. The number of rotatable bonds is 22. The van der Waals surface area contributed by atoms with Crippen LogP contribution in [0.3, 0.4) is 0 Å². The van der Waals surface area contributed by atoms with Crippen LogP contribution in [-0.4, -0.2) is 50.7 Å². The standard InChI is InChI=1S/C51H54N2O6/c1-3-5-30-56-48-26-20-40-32-44(18-16-42(40)34-48)50(54)58-46-22-12-38(13-23-46)36-52-28-10-8-7-9-11-29-53-37-39-14-24-47(25-15-39)59-51(55)45-19-17-43-35-49(57-31-6-4-2)27-21-41(43)33-45/h12-27,32-37H,3-11,28-31H2,1-2H3. The molecule has 0 atom stereocenters. The lowest BCUT2D eigenvalue weighted by Crippen LogP contribution is -2.08. The largest absolute Gasteiger partial charge is 0.494 e. The van der Waals surface area contributed by atoms with E-state index in [1.54, 1.807) is 36.4 Å². The van der Waals surface area contributed by atoms with Crippen LogP contribution in [0.4, 0.5) is 0 Å². The first kappa shape index (κ1) is 42.3. The summed E-state index contributed by atoms with van der Waals surface area (Å²) in [6, 6.07) is 37.7. The molecule has 0 bridgehead atoms. The monoisotopic (exact) mass is 790 g/mol. The number of nitrogens with zero attached hydrogens (tertiary/aromatic N) is 2. The van der Waals surface area contributed by atoms with E-state index in [4.69, 9.17) is 18.9 Å². The summed E-state index contributed by atoms with van der Waals surface area (Å²) in [4.78, 5) is 34.8. The van der Waals surface area contributed by atoms with Crippen molar-refractivity contribution >= 4 is 45.9 Å². The van der Waals surface area contributed by atoms with Gasteiger partial charge in [-0.2, -0.15) is 0 Å². The van der Waals surface area contributed by atoms with Gasteiger partial charge in [0.05, 0.1) is 24.3 Å². The molecule has 8 heteroatoms. The average Bonchev–Trinajstić information content (AvgIpc) is 3.26. The topological polar surface area (TPSA) is 95.8 Å². The molecule has 6 aromatic rings. The van der Waals surface area contributed by atoms with E-state index in [1.807, 2.05) is 97.4 Å². The van der Waals surface area contributed by atoms with Crippen LogP contribution in [0, 0.1) is 0 Å². The third-order valence-corrected chi connectivity index (χ3v) is 9.86. The van der Waals surface area contributed by atoms with Crippen LogP contribution < -0.4 is 18.9 Å². The summed E-state index contributed by atoms with van der Waals surface area (Å²) in [6.45, 7) is 7.22. The first-order valence-corrected chi connectivity index (χ1v) is 20.9. The summed E-state index contributed by atoms with van der Waals surface area (Å²) in [6.07, 6.45) is 13.4. The van der Waals surface area contributed by atoms with Crippen molar-refractivity contribution in [3.05, 3.63) is 144 Å². The van der Waals surface area contributed by atoms with E-state index in [1.165, 1.54) is 0 Å². The molecule has 6 aromatic carbocycles. The van der Waals surface area contributed by atoms with Gasteiger partial charge in [-0.15, -0.1) is 0 Å². The minimum absolute atomic E-state index is 0.392. The second-order valence-electron chi connectivity index (χ2n) is 14.6. The summed E-state index contributed by atoms with van der Waals surface area (Å²) in [7, 11) is 0. The highest BCUT2D eigenvalue weighted by molar-refractivity contribution is 5.98. The molecule has 0 heterocycles. The maximum absolute atomic E-state index is 12.8. The van der Waals surface area contributed by atoms with E-state index in [0.717, 1.165) is 115 Å². The number of carbonyl (C=O) groups is 2. The van der Waals surface area contributed by atoms with Crippen LogP contribution in [0.1, 0.15) is 103 Å². The Morgan fingerprint density at radius 2 is 0.814 bits per heavy atom. The summed E-state index contributed by atoms with van der Waals surface area (Å²) >= 11 is 0. The van der Waals surface area contributed by atoms with Crippen molar-refractivity contribution in [1.82, 2.24) is 0 Å². The lowest BCUT2D eigenvalue weighted by molar-refractivity contribution is 0.0725. The fourth-order valence-electron chi connectivity index (χ4n) is 6.40. The number of fused-ring (bicyclic) bond motifs is 2. The van der Waals surface area contributed by atoms with Crippen LogP contribution in [0.2, 0.25) is 0 Å². The van der Waals surface area contributed by atoms with Gasteiger partial charge in [0.15, 0.2) is 0 Å². The maximum atomic E-state index is 12.8. The smallest absolute Gasteiger partial charge is 0.343 e. The van der Waals surface area contributed by atoms with Crippen molar-refractivity contribution in [2.45, 2.75) is 71.6 Å². The van der Waals surface area contributed by atoms with E-state index in [-0.39, 0.29) is 0 Å². The Morgan fingerprint density at radius 3 is 1.24 bits per heavy atom. The second kappa shape index (κ2) is 22.6. The lowest BCUT2D eigenvalue weighted by atomic mass is 10.1. The molecule has 304 valence electrons. The molecule has 0 N–H and O–H groups in total. The van der Waals surface area contributed by atoms with Crippen molar-refractivity contribution in [3.63, 3.8) is 0 Å². The first-order valence-electron chi connectivity index (χ1n) is 20.9. The quantitative estimate of drug-likeness (QED) is 0.0294. The van der Waals surface area contributed by atoms with Crippen molar-refractivity contribution in [2.24, 2.45) is 9.98 Å². The molecular weight excluding hydrogens is 737 g/mol. The van der Waals surface area contributed by atoms with Gasteiger partial charge < -0.3 is 18.9 Å². The second-order valence-corrected chi connectivity index (χ2v) is 14.6. The molecule has 0 aliphatic heterocycles. The number of unbranched alkanes of at least 4 members (excludes halogenated alkanes) is 6. The number of benzene rings is 6. The summed E-state index contributed by atoms with van der Waals surface area (Å²) < 4.78 is 22.9. The number of aliphatic imine (C=N–C) groups is 2. The Bertz CT molecular complexity index is 2170. The number of hydrogen-bond acceptors (Lipinski definition) is 8. The van der Waals surface area contributed by atoms with Gasteiger partial charge in [0.1, 0.15) is 23.0 Å². The van der Waals surface area contributed by atoms with Gasteiger partial charge in [-0.25, -0.2) is 9.59 Å². The zero-order valence-corrected chi connectivity index (χ0v) is 34.2. The van der Waals surface area contributed by atoms with Crippen LogP contribution in [-0.2, 0) is 0 Å². The number of carbonyl (C=O) groups excluding carboxylic acids is 2. The molecule has 0 saturated carbocycles. The Balaban J connectivity index is 0.823. The maximum Gasteiger partial charge on any atom is 0.343 e. The van der Waals surface area contributed by atoms with Crippen molar-refractivity contribution in [2.75, 3.05) is 26.3 Å². The summed E-state index contributed by atoms with van der Waals surface area (Å²) in [5, 5.41) is 3.96. The van der Waals surface area contributed by atoms with E-state index < -0.39 is 11.9 Å². The zero-order chi connectivity index (χ0) is 41.1. The third kappa shape index (κ3) is 13.4. The molecule has 8 nitrogen and oxygen atoms in total. The fourth-order valence-corrected chi connectivity index (χ4v) is 6.40. The van der Waals surface area contributed by atoms with Gasteiger partial charge >= 0.3 is 11.9 Å². The lowest BCUT2D eigenvalue weighted by Gasteiger charge is -2.08. The molecule has 0 unspecified atom stereocenters. The van der Waals surface area contributed by atoms with E-state index >= 15 is 0 Å². The van der Waals surface area contributed by atoms with Crippen LogP contribution in [0.15, 0.2) is 131 Å². The van der Waals surface area contributed by atoms with Gasteiger partial charge in [0.2, 0.25) is 0 Å². The molecule has 6 rings (SSSR count). The Morgan fingerprint density at radius 1 is 0.441 bits per heavy atom. The molecule has 0 amide bonds. The third-order valence-electron chi connectivity index (χ3n) is 9.86. The van der Waals surface area contributed by atoms with Crippen molar-refractivity contribution < 1.29 is 28.5 Å². The number of esters is 2. The van der Waals surface area contributed by atoms with E-state index in [0.29, 0.717) is 35.8 Å². The predicted molar refractivity (Wildman–Crippen MR) is 240 cm³/mol. The number of ether oxygens (including phenoxy) is 4. The van der Waals surface area contributed by atoms with Crippen LogP contribution >= 0.6 is 0 Å². The highest BCUT2D eigenvalue weighted by atomic mass is 16.5. The van der Waals surface area contributed by atoms with Crippen molar-refractivity contribution in [1.29, 1.82) is 0 Å². The number of hydrogen-bond donors (Lipinski definition) is 0. The van der Waals surface area contributed by atoms with Gasteiger partial charge in [0, 0.05) is 25.5 Å². The molecule has 0 radical (unpaired) electrons. The highest BCUT2D eigenvalue weighted by Gasteiger charge is 2.12. The Labute approximate surface area is 347 Å². The summed E-state index contributed by atoms with van der Waals surface area (Å²) in [5.41, 5.74) is 2.93. The molecule has 0 aliphatic rings. The molecule has 0 saturated heterocycles. The van der Waals surface area contributed by atoms with E-state index in [2.05, 4.69) is 23.8 Å². The minimum Gasteiger partial charge on any atom is -0.494 e. The molecule has 0 spiro atoms. The zero-order valence-electron chi connectivity index (χ0n) is 34.2. The molecular formula is C51H54N2O6. The van der Waals surface area contributed by atoms with Crippen LogP contribution in [0.5, 0.6) is 23.0 Å². The Hall–Kier alpha value is -6.28. The molecule has 0 aliphatic carbocycles. The van der Waals surface area contributed by atoms with Gasteiger partial charge in [-0.05, 0) is 155 Å².